The molecule has 2 aromatic carbocycles. The number of aliphatic hydroxyl groups excluding tert-OH is 8. The van der Waals surface area contributed by atoms with Gasteiger partial charge in [0, 0.05) is 16.5 Å². The number of hydrogen-bond acceptors (Lipinski definition) is 11. The standard InChI is InChI=1S/C33H37NO10/c35-15-25-29(39)31(41)27(37)23(43-25)7-3-17-1-5-19-20-6-2-18(4-8-24-28(38)32(42)30(40)26(16-36)44-24)14-22(20)33(21(19)13-17)9-11-34-12-10-33/h1-2,5-6,13-14,23-32,34-42H,9-12,15-16H2/t23-,24-,25-,26-,27-,28-,29-,30-,31-,32-/m1/s1. The number of fused-ring (bicyclic) bond motifs is 5. The molecule has 4 aliphatic rings. The molecule has 9 N–H and O–H groups in total. The Kier molecular flexibility index (Phi) is 8.83. The van der Waals surface area contributed by atoms with Crippen LogP contribution in [0.15, 0.2) is 36.4 Å². The van der Waals surface area contributed by atoms with Crippen LogP contribution in [0.25, 0.3) is 11.1 Å². The van der Waals surface area contributed by atoms with Crippen LogP contribution in [0.1, 0.15) is 35.1 Å². The Morgan fingerprint density at radius 1 is 0.636 bits per heavy atom. The minimum atomic E-state index is -1.49. The van der Waals surface area contributed by atoms with Crippen LogP contribution in [-0.2, 0) is 14.9 Å². The van der Waals surface area contributed by atoms with Crippen LogP contribution in [0.2, 0.25) is 0 Å². The number of aliphatic hydroxyl groups is 8. The molecule has 2 aromatic rings. The third kappa shape index (κ3) is 5.35. The number of nitrogens with one attached hydrogen (secondary N) is 1. The Morgan fingerprint density at radius 3 is 1.48 bits per heavy atom. The fourth-order valence-corrected chi connectivity index (χ4v) is 6.79. The lowest BCUT2D eigenvalue weighted by molar-refractivity contribution is -0.214. The maximum atomic E-state index is 10.4. The summed E-state index contributed by atoms with van der Waals surface area (Å²) in [7, 11) is 0. The molecule has 11 nitrogen and oxygen atoms in total. The predicted molar refractivity (Wildman–Crippen MR) is 156 cm³/mol. The Labute approximate surface area is 254 Å². The molecule has 3 fully saturated rings. The van der Waals surface area contributed by atoms with Gasteiger partial charge in [-0.2, -0.15) is 0 Å². The van der Waals surface area contributed by atoms with Gasteiger partial charge < -0.3 is 55.6 Å². The van der Waals surface area contributed by atoms with Crippen LogP contribution >= 0.6 is 0 Å². The highest BCUT2D eigenvalue weighted by molar-refractivity contribution is 5.82. The van der Waals surface area contributed by atoms with Crippen molar-refractivity contribution in [1.82, 2.24) is 5.32 Å². The highest BCUT2D eigenvalue weighted by atomic mass is 16.5. The van der Waals surface area contributed by atoms with Crippen molar-refractivity contribution in [2.45, 2.75) is 79.3 Å². The summed E-state index contributed by atoms with van der Waals surface area (Å²) in [6, 6.07) is 11.9. The van der Waals surface area contributed by atoms with Crippen molar-refractivity contribution in [3.8, 4) is 34.8 Å². The van der Waals surface area contributed by atoms with E-state index in [0.29, 0.717) is 11.1 Å². The lowest BCUT2D eigenvalue weighted by Crippen LogP contribution is -2.58. The molecule has 44 heavy (non-hydrogen) atoms. The van der Waals surface area contributed by atoms with E-state index in [9.17, 15) is 40.9 Å². The maximum absolute atomic E-state index is 10.4. The van der Waals surface area contributed by atoms with Gasteiger partial charge in [-0.3, -0.25) is 0 Å². The molecule has 1 spiro atoms. The van der Waals surface area contributed by atoms with Crippen molar-refractivity contribution >= 4 is 0 Å². The quantitative estimate of drug-likeness (QED) is 0.167. The third-order valence-corrected chi connectivity index (χ3v) is 9.32. The van der Waals surface area contributed by atoms with E-state index in [1.165, 1.54) is 0 Å². The molecule has 0 amide bonds. The largest absolute Gasteiger partial charge is 0.394 e. The number of hydrogen-bond donors (Lipinski definition) is 9. The van der Waals surface area contributed by atoms with E-state index < -0.39 is 74.3 Å². The molecule has 0 unspecified atom stereocenters. The van der Waals surface area contributed by atoms with Crippen LogP contribution in [0.4, 0.5) is 0 Å². The molecular weight excluding hydrogens is 570 g/mol. The number of rotatable bonds is 2. The number of ether oxygens (including phenoxy) is 2. The number of piperidine rings is 1. The second-order valence-corrected chi connectivity index (χ2v) is 11.9. The van der Waals surface area contributed by atoms with Crippen LogP contribution in [0, 0.1) is 23.7 Å². The van der Waals surface area contributed by atoms with E-state index in [1.54, 1.807) is 0 Å². The zero-order chi connectivity index (χ0) is 31.2. The van der Waals surface area contributed by atoms with Crippen molar-refractivity contribution in [1.29, 1.82) is 0 Å². The highest BCUT2D eigenvalue weighted by Gasteiger charge is 2.45. The van der Waals surface area contributed by atoms with E-state index in [2.05, 4.69) is 29.0 Å². The van der Waals surface area contributed by atoms with Crippen LogP contribution in [0.5, 0.6) is 0 Å². The predicted octanol–water partition coefficient (Wildman–Crippen LogP) is -2.28. The molecule has 3 heterocycles. The molecule has 11 heteroatoms. The highest BCUT2D eigenvalue weighted by Crippen LogP contribution is 2.53. The summed E-state index contributed by atoms with van der Waals surface area (Å²) < 4.78 is 11.1. The Balaban J connectivity index is 1.31. The van der Waals surface area contributed by atoms with E-state index >= 15 is 0 Å². The molecule has 6 rings (SSSR count). The van der Waals surface area contributed by atoms with Crippen molar-refractivity contribution < 1.29 is 50.3 Å². The minimum absolute atomic E-state index is 0.308. The van der Waals surface area contributed by atoms with Gasteiger partial charge in [-0.25, -0.2) is 0 Å². The van der Waals surface area contributed by atoms with Crippen molar-refractivity contribution in [3.63, 3.8) is 0 Å². The van der Waals surface area contributed by atoms with Gasteiger partial charge in [0.15, 0.2) is 0 Å². The lowest BCUT2D eigenvalue weighted by Gasteiger charge is -2.38. The zero-order valence-corrected chi connectivity index (χ0v) is 23.9. The van der Waals surface area contributed by atoms with Gasteiger partial charge in [0.2, 0.25) is 0 Å². The fraction of sp³-hybridized carbons (Fsp3) is 0.515. The van der Waals surface area contributed by atoms with Gasteiger partial charge >= 0.3 is 0 Å². The van der Waals surface area contributed by atoms with Gasteiger partial charge in [0.05, 0.1) is 13.2 Å². The van der Waals surface area contributed by atoms with E-state index in [1.807, 2.05) is 36.4 Å². The third-order valence-electron chi connectivity index (χ3n) is 9.32. The summed E-state index contributed by atoms with van der Waals surface area (Å²) in [5.74, 6) is 11.8. The van der Waals surface area contributed by atoms with Crippen LogP contribution in [0.3, 0.4) is 0 Å². The monoisotopic (exact) mass is 607 g/mol. The first-order chi connectivity index (χ1) is 21.2. The molecule has 234 valence electrons. The molecule has 1 aliphatic carbocycles. The van der Waals surface area contributed by atoms with Gasteiger partial charge in [0.1, 0.15) is 61.0 Å². The summed E-state index contributed by atoms with van der Waals surface area (Å²) in [5, 5.41) is 83.6. The molecular formula is C33H37NO10. The van der Waals surface area contributed by atoms with Gasteiger partial charge in [0.25, 0.3) is 0 Å². The summed E-state index contributed by atoms with van der Waals surface area (Å²) >= 11 is 0. The number of benzene rings is 2. The summed E-state index contributed by atoms with van der Waals surface area (Å²) in [6.45, 7) is 0.568. The zero-order valence-electron chi connectivity index (χ0n) is 23.9. The van der Waals surface area contributed by atoms with Crippen LogP contribution < -0.4 is 5.32 Å². The molecule has 0 aromatic heterocycles. The normalized spacial score (nSPS) is 35.5. The van der Waals surface area contributed by atoms with E-state index in [0.717, 1.165) is 48.2 Å². The van der Waals surface area contributed by atoms with Crippen molar-refractivity contribution in [3.05, 3.63) is 58.7 Å². The fourth-order valence-electron chi connectivity index (χ4n) is 6.79. The average molecular weight is 608 g/mol. The summed E-state index contributed by atoms with van der Waals surface area (Å²) in [5.41, 5.74) is 5.46. The smallest absolute Gasteiger partial charge is 0.147 e. The Hall–Kier alpha value is -2.88. The summed E-state index contributed by atoms with van der Waals surface area (Å²) in [6.07, 6.45) is -11.3. The molecule has 3 aliphatic heterocycles. The SMILES string of the molecule is OC[C@H]1O[C@H](C#Cc2ccc3c(c2)C2(CCNCC2)c2cc(C#C[C@H]4O[C@H](CO)[C@@H](O)[C@H](O)[C@@H]4O)ccc2-3)[C@@H](O)[C@@H](O)[C@@H]1O. The Morgan fingerprint density at radius 2 is 1.07 bits per heavy atom. The van der Waals surface area contributed by atoms with Gasteiger partial charge in [-0.1, -0.05) is 35.8 Å². The van der Waals surface area contributed by atoms with Crippen molar-refractivity contribution in [2.24, 2.45) is 0 Å². The minimum Gasteiger partial charge on any atom is -0.394 e. The van der Waals surface area contributed by atoms with E-state index in [-0.39, 0.29) is 5.41 Å². The van der Waals surface area contributed by atoms with Crippen molar-refractivity contribution in [2.75, 3.05) is 26.3 Å². The Bertz CT molecular complexity index is 1390. The molecule has 10 atom stereocenters. The first-order valence-corrected chi connectivity index (χ1v) is 14.8. The first kappa shape index (κ1) is 31.1. The summed E-state index contributed by atoms with van der Waals surface area (Å²) in [4.78, 5) is 0. The molecule has 0 saturated carbocycles. The van der Waals surface area contributed by atoms with Crippen LogP contribution in [-0.4, -0.2) is 128 Å². The maximum Gasteiger partial charge on any atom is 0.147 e. The van der Waals surface area contributed by atoms with Gasteiger partial charge in [-0.05, 0) is 72.5 Å². The second kappa shape index (κ2) is 12.5. The molecule has 0 radical (unpaired) electrons. The van der Waals surface area contributed by atoms with E-state index in [4.69, 9.17) is 9.47 Å². The van der Waals surface area contributed by atoms with Gasteiger partial charge in [-0.15, -0.1) is 0 Å². The lowest BCUT2D eigenvalue weighted by atomic mass is 9.71. The second-order valence-electron chi connectivity index (χ2n) is 11.9. The topological polar surface area (TPSA) is 192 Å². The molecule has 0 bridgehead atoms. The molecule has 3 saturated heterocycles. The average Bonchev–Trinajstić information content (AvgIpc) is 3.29. The first-order valence-electron chi connectivity index (χ1n) is 14.8.